The molecule has 1 atom stereocenters. The number of anilines is 2. The van der Waals surface area contributed by atoms with Gasteiger partial charge in [-0.05, 0) is 55.4 Å². The first kappa shape index (κ1) is 24.2. The maximum absolute atomic E-state index is 13.6. The summed E-state index contributed by atoms with van der Waals surface area (Å²) in [5.74, 6) is 1.18. The summed E-state index contributed by atoms with van der Waals surface area (Å²) in [6.45, 7) is 1.97. The third-order valence-electron chi connectivity index (χ3n) is 6.26. The molecule has 1 amide bonds. The average molecular weight is 499 g/mol. The SMILES string of the molecule is CN(C)CCOc1ccc2[nH]c(C(=O)N3CC(CCl)c4c3cc(N)c3ccccc43)cc2c1.Cl. The fourth-order valence-electron chi connectivity index (χ4n) is 4.60. The minimum atomic E-state index is -0.0928. The van der Waals surface area contributed by atoms with Crippen LogP contribution >= 0.6 is 24.0 Å². The lowest BCUT2D eigenvalue weighted by Gasteiger charge is -2.18. The van der Waals surface area contributed by atoms with Crippen LogP contribution in [0.5, 0.6) is 5.75 Å². The first-order chi connectivity index (χ1) is 16.0. The van der Waals surface area contributed by atoms with Crippen molar-refractivity contribution in [1.29, 1.82) is 0 Å². The normalized spacial score (nSPS) is 15.1. The number of fused-ring (bicyclic) bond motifs is 4. The van der Waals surface area contributed by atoms with E-state index in [1.54, 1.807) is 4.90 Å². The molecule has 6 nitrogen and oxygen atoms in total. The van der Waals surface area contributed by atoms with E-state index in [0.717, 1.165) is 45.2 Å². The van der Waals surface area contributed by atoms with Crippen molar-refractivity contribution in [2.24, 2.45) is 0 Å². The number of aromatic nitrogens is 1. The fourth-order valence-corrected chi connectivity index (χ4v) is 4.85. The summed E-state index contributed by atoms with van der Waals surface area (Å²) in [5.41, 5.74) is 10.4. The molecule has 0 spiro atoms. The van der Waals surface area contributed by atoms with Gasteiger partial charge < -0.3 is 25.3 Å². The summed E-state index contributed by atoms with van der Waals surface area (Å²) in [7, 11) is 4.02. The predicted octanol–water partition coefficient (Wildman–Crippen LogP) is 5.25. The van der Waals surface area contributed by atoms with E-state index in [9.17, 15) is 4.79 Å². The number of rotatable bonds is 6. The monoisotopic (exact) mass is 498 g/mol. The highest BCUT2D eigenvalue weighted by Gasteiger charge is 2.35. The number of hydrogen-bond donors (Lipinski definition) is 2. The van der Waals surface area contributed by atoms with E-state index >= 15 is 0 Å². The number of ether oxygens (including phenoxy) is 1. The van der Waals surface area contributed by atoms with Crippen molar-refractivity contribution >= 4 is 63.0 Å². The molecular formula is C26H28Cl2N4O2. The van der Waals surface area contributed by atoms with Crippen LogP contribution in [0.25, 0.3) is 21.7 Å². The number of H-pyrrole nitrogens is 1. The van der Waals surface area contributed by atoms with Gasteiger partial charge in [-0.2, -0.15) is 0 Å². The third kappa shape index (κ3) is 4.29. The van der Waals surface area contributed by atoms with Crippen LogP contribution in [0.4, 0.5) is 11.4 Å². The van der Waals surface area contributed by atoms with Crippen molar-refractivity contribution in [3.05, 3.63) is 65.9 Å². The zero-order valence-corrected chi connectivity index (χ0v) is 20.7. The molecule has 2 heterocycles. The van der Waals surface area contributed by atoms with Crippen LogP contribution < -0.4 is 15.4 Å². The molecule has 0 aliphatic carbocycles. The smallest absolute Gasteiger partial charge is 0.274 e. The Labute approximate surface area is 210 Å². The molecule has 1 aliphatic rings. The topological polar surface area (TPSA) is 74.6 Å². The van der Waals surface area contributed by atoms with Crippen LogP contribution in [-0.4, -0.2) is 55.5 Å². The van der Waals surface area contributed by atoms with Gasteiger partial charge in [-0.3, -0.25) is 4.79 Å². The lowest BCUT2D eigenvalue weighted by atomic mass is 9.95. The molecule has 8 heteroatoms. The van der Waals surface area contributed by atoms with Crippen LogP contribution in [0.2, 0.25) is 0 Å². The second kappa shape index (κ2) is 9.74. The van der Waals surface area contributed by atoms with Gasteiger partial charge in [-0.25, -0.2) is 0 Å². The number of hydrogen-bond acceptors (Lipinski definition) is 4. The minimum absolute atomic E-state index is 0. The molecule has 1 unspecified atom stereocenters. The van der Waals surface area contributed by atoms with Crippen molar-refractivity contribution in [3.8, 4) is 5.75 Å². The molecule has 0 saturated heterocycles. The Balaban J connectivity index is 0.00000274. The molecule has 178 valence electrons. The van der Waals surface area contributed by atoms with Crippen LogP contribution in [-0.2, 0) is 0 Å². The lowest BCUT2D eigenvalue weighted by Crippen LogP contribution is -2.30. The van der Waals surface area contributed by atoms with Crippen molar-refractivity contribution in [3.63, 3.8) is 0 Å². The van der Waals surface area contributed by atoms with Gasteiger partial charge in [0.05, 0.1) is 5.69 Å². The number of carbonyl (C=O) groups is 1. The van der Waals surface area contributed by atoms with Gasteiger partial charge in [0.2, 0.25) is 0 Å². The molecule has 5 rings (SSSR count). The van der Waals surface area contributed by atoms with Gasteiger partial charge in [0, 0.05) is 46.9 Å². The Morgan fingerprint density at radius 2 is 1.94 bits per heavy atom. The Hall–Kier alpha value is -2.93. The number of nitrogens with two attached hydrogens (primary N) is 1. The van der Waals surface area contributed by atoms with Crippen LogP contribution in [0.1, 0.15) is 22.0 Å². The number of aromatic amines is 1. The van der Waals surface area contributed by atoms with Gasteiger partial charge in [-0.15, -0.1) is 24.0 Å². The maximum Gasteiger partial charge on any atom is 0.274 e. The van der Waals surface area contributed by atoms with Gasteiger partial charge >= 0.3 is 0 Å². The number of nitrogens with one attached hydrogen (secondary N) is 1. The summed E-state index contributed by atoms with van der Waals surface area (Å²) in [5, 5.41) is 2.99. The van der Waals surface area contributed by atoms with Gasteiger partial charge in [0.15, 0.2) is 0 Å². The molecular weight excluding hydrogens is 471 g/mol. The fraction of sp³-hybridized carbons (Fsp3) is 0.269. The maximum atomic E-state index is 13.6. The summed E-state index contributed by atoms with van der Waals surface area (Å²) in [6.07, 6.45) is 0. The molecule has 1 aliphatic heterocycles. The number of nitrogen functional groups attached to an aromatic ring is 1. The highest BCUT2D eigenvalue weighted by atomic mass is 35.5. The Bertz CT molecular complexity index is 1350. The van der Waals surface area contributed by atoms with E-state index in [2.05, 4.69) is 16.0 Å². The number of benzene rings is 3. The summed E-state index contributed by atoms with van der Waals surface area (Å²) < 4.78 is 5.84. The number of amides is 1. The van der Waals surface area contributed by atoms with E-state index in [0.29, 0.717) is 30.4 Å². The molecule has 34 heavy (non-hydrogen) atoms. The largest absolute Gasteiger partial charge is 0.492 e. The zero-order valence-electron chi connectivity index (χ0n) is 19.2. The zero-order chi connectivity index (χ0) is 23.1. The predicted molar refractivity (Wildman–Crippen MR) is 143 cm³/mol. The van der Waals surface area contributed by atoms with E-state index in [-0.39, 0.29) is 24.2 Å². The van der Waals surface area contributed by atoms with E-state index in [1.165, 1.54) is 0 Å². The van der Waals surface area contributed by atoms with Gasteiger partial charge in [0.1, 0.15) is 18.1 Å². The van der Waals surface area contributed by atoms with Crippen molar-refractivity contribution < 1.29 is 9.53 Å². The molecule has 3 N–H and O–H groups in total. The molecule has 3 aromatic carbocycles. The number of likely N-dealkylation sites (N-methyl/N-ethyl adjacent to an activating group) is 1. The first-order valence-electron chi connectivity index (χ1n) is 11.1. The summed E-state index contributed by atoms with van der Waals surface area (Å²) in [6, 6.07) is 17.6. The minimum Gasteiger partial charge on any atom is -0.492 e. The Kier molecular flexibility index (Phi) is 6.94. The molecule has 1 aromatic heterocycles. The van der Waals surface area contributed by atoms with E-state index in [1.807, 2.05) is 62.6 Å². The highest BCUT2D eigenvalue weighted by Crippen LogP contribution is 2.44. The second-order valence-corrected chi connectivity index (χ2v) is 9.10. The molecule has 0 bridgehead atoms. The van der Waals surface area contributed by atoms with Crippen molar-refractivity contribution in [1.82, 2.24) is 9.88 Å². The van der Waals surface area contributed by atoms with Crippen molar-refractivity contribution in [2.75, 3.05) is 50.3 Å². The van der Waals surface area contributed by atoms with Crippen LogP contribution in [0.15, 0.2) is 54.6 Å². The number of alkyl halides is 1. The second-order valence-electron chi connectivity index (χ2n) is 8.79. The molecule has 0 fully saturated rings. The molecule has 4 aromatic rings. The molecule has 0 radical (unpaired) electrons. The lowest BCUT2D eigenvalue weighted by molar-refractivity contribution is 0.0984. The quantitative estimate of drug-likeness (QED) is 0.281. The van der Waals surface area contributed by atoms with E-state index in [4.69, 9.17) is 22.1 Å². The summed E-state index contributed by atoms with van der Waals surface area (Å²) in [4.78, 5) is 20.7. The first-order valence-corrected chi connectivity index (χ1v) is 11.6. The van der Waals surface area contributed by atoms with Gasteiger partial charge in [0.25, 0.3) is 5.91 Å². The Morgan fingerprint density at radius 1 is 1.18 bits per heavy atom. The average Bonchev–Trinajstić information content (AvgIpc) is 3.40. The highest BCUT2D eigenvalue weighted by molar-refractivity contribution is 6.19. The number of carbonyl (C=O) groups excluding carboxylic acids is 1. The van der Waals surface area contributed by atoms with Crippen LogP contribution in [0, 0.1) is 0 Å². The third-order valence-corrected chi connectivity index (χ3v) is 6.63. The van der Waals surface area contributed by atoms with Crippen molar-refractivity contribution in [2.45, 2.75) is 5.92 Å². The summed E-state index contributed by atoms with van der Waals surface area (Å²) >= 11 is 6.34. The molecule has 0 saturated carbocycles. The number of nitrogens with zero attached hydrogens (tertiary/aromatic N) is 2. The number of halogens is 2. The van der Waals surface area contributed by atoms with Crippen LogP contribution in [0.3, 0.4) is 0 Å². The standard InChI is InChI=1S/C26H27ClN4O2.ClH/c1-30(2)9-10-33-18-7-8-22-16(11-18)12-23(29-22)26(32)31-15-17(14-27)25-20-6-4-3-5-19(20)21(28)13-24(25)31;/h3-8,11-13,17,29H,9-10,14-15,28H2,1-2H3;1H. The van der Waals surface area contributed by atoms with E-state index < -0.39 is 0 Å². The van der Waals surface area contributed by atoms with Gasteiger partial charge in [-0.1, -0.05) is 24.3 Å². The Morgan fingerprint density at radius 3 is 2.68 bits per heavy atom.